The minimum Gasteiger partial charge on any atom is -0.328 e. The van der Waals surface area contributed by atoms with Crippen LogP contribution in [0.1, 0.15) is 12.5 Å². The van der Waals surface area contributed by atoms with Gasteiger partial charge in [0, 0.05) is 22.9 Å². The Kier molecular flexibility index (Phi) is 5.49. The third kappa shape index (κ3) is 6.71. The molecule has 0 amide bonds. The number of hydrogen-bond donors (Lipinski definition) is 1. The van der Waals surface area contributed by atoms with Crippen molar-refractivity contribution in [2.24, 2.45) is 5.73 Å². The summed E-state index contributed by atoms with van der Waals surface area (Å²) >= 11 is 1.56. The van der Waals surface area contributed by atoms with Crippen molar-refractivity contribution < 1.29 is 8.42 Å². The van der Waals surface area contributed by atoms with Crippen molar-refractivity contribution >= 4 is 21.6 Å². The average Bonchev–Trinajstić information content (AvgIpc) is 2.18. The predicted octanol–water partition coefficient (Wildman–Crippen LogP) is 1.71. The Morgan fingerprint density at radius 1 is 1.29 bits per heavy atom. The lowest BCUT2D eigenvalue weighted by molar-refractivity contribution is 0.603. The second kappa shape index (κ2) is 6.42. The second-order valence-corrected chi connectivity index (χ2v) is 7.73. The number of rotatable bonds is 6. The van der Waals surface area contributed by atoms with Gasteiger partial charge in [-0.15, -0.1) is 11.8 Å². The van der Waals surface area contributed by atoms with Crippen molar-refractivity contribution in [2.45, 2.75) is 24.3 Å². The standard InChI is InChI=1S/C12H19NO2S2/c1-10(13)9-11-3-5-12(6-4-11)16-7-8-17(2,14)15/h3-6,10H,7-9,13H2,1-2H3. The fourth-order valence-electron chi connectivity index (χ4n) is 1.40. The summed E-state index contributed by atoms with van der Waals surface area (Å²) in [5, 5.41) is 0. The van der Waals surface area contributed by atoms with Gasteiger partial charge in [-0.1, -0.05) is 12.1 Å². The van der Waals surface area contributed by atoms with E-state index in [1.807, 2.05) is 31.2 Å². The average molecular weight is 273 g/mol. The van der Waals surface area contributed by atoms with Gasteiger partial charge in [-0.2, -0.15) is 0 Å². The molecule has 1 rings (SSSR count). The van der Waals surface area contributed by atoms with Gasteiger partial charge in [-0.25, -0.2) is 8.42 Å². The highest BCUT2D eigenvalue weighted by atomic mass is 32.2. The maximum Gasteiger partial charge on any atom is 0.148 e. The van der Waals surface area contributed by atoms with Gasteiger partial charge >= 0.3 is 0 Å². The van der Waals surface area contributed by atoms with Crippen molar-refractivity contribution in [3.05, 3.63) is 29.8 Å². The van der Waals surface area contributed by atoms with Gasteiger partial charge < -0.3 is 5.73 Å². The van der Waals surface area contributed by atoms with E-state index in [2.05, 4.69) is 0 Å². The van der Waals surface area contributed by atoms with E-state index in [0.29, 0.717) is 5.75 Å². The van der Waals surface area contributed by atoms with E-state index in [9.17, 15) is 8.42 Å². The molecule has 1 unspecified atom stereocenters. The highest BCUT2D eigenvalue weighted by molar-refractivity contribution is 8.00. The van der Waals surface area contributed by atoms with Gasteiger partial charge in [-0.05, 0) is 31.0 Å². The molecule has 0 radical (unpaired) electrons. The number of hydrogen-bond acceptors (Lipinski definition) is 4. The van der Waals surface area contributed by atoms with Gasteiger partial charge in [0.2, 0.25) is 0 Å². The normalized spacial score (nSPS) is 13.6. The van der Waals surface area contributed by atoms with Crippen LogP contribution < -0.4 is 5.73 Å². The maximum atomic E-state index is 11.0. The number of nitrogens with two attached hydrogens (primary N) is 1. The molecule has 0 bridgehead atoms. The molecule has 0 aliphatic rings. The van der Waals surface area contributed by atoms with Crippen LogP contribution >= 0.6 is 11.8 Å². The molecule has 96 valence electrons. The molecule has 0 saturated carbocycles. The summed E-state index contributed by atoms with van der Waals surface area (Å²) in [7, 11) is -2.86. The molecule has 2 N–H and O–H groups in total. The molecule has 17 heavy (non-hydrogen) atoms. The first-order valence-corrected chi connectivity index (χ1v) is 8.56. The molecule has 1 aromatic carbocycles. The molecule has 0 aromatic heterocycles. The Morgan fingerprint density at radius 3 is 2.35 bits per heavy atom. The van der Waals surface area contributed by atoms with Crippen LogP contribution in [0.4, 0.5) is 0 Å². The Hall–Kier alpha value is -0.520. The first-order chi connectivity index (χ1) is 7.87. The zero-order valence-electron chi connectivity index (χ0n) is 10.2. The van der Waals surface area contributed by atoms with Gasteiger partial charge in [0.05, 0.1) is 5.75 Å². The summed E-state index contributed by atoms with van der Waals surface area (Å²) in [5.74, 6) is 0.824. The lowest BCUT2D eigenvalue weighted by Crippen LogP contribution is -2.17. The first kappa shape index (κ1) is 14.5. The third-order valence-electron chi connectivity index (χ3n) is 2.20. The van der Waals surface area contributed by atoms with Crippen LogP contribution in [0.25, 0.3) is 0 Å². The Bertz CT molecular complexity index is 438. The lowest BCUT2D eigenvalue weighted by Gasteiger charge is -2.06. The molecule has 1 aromatic rings. The minimum atomic E-state index is -2.86. The quantitative estimate of drug-likeness (QED) is 0.802. The zero-order valence-corrected chi connectivity index (χ0v) is 11.9. The summed E-state index contributed by atoms with van der Waals surface area (Å²) in [6.45, 7) is 1.98. The summed E-state index contributed by atoms with van der Waals surface area (Å²) in [6, 6.07) is 8.30. The van der Waals surface area contributed by atoms with Gasteiger partial charge in [-0.3, -0.25) is 0 Å². The van der Waals surface area contributed by atoms with Crippen molar-refractivity contribution in [3.8, 4) is 0 Å². The summed E-state index contributed by atoms with van der Waals surface area (Å²) in [4.78, 5) is 1.10. The van der Waals surface area contributed by atoms with Crippen LogP contribution in [0, 0.1) is 0 Å². The summed E-state index contributed by atoms with van der Waals surface area (Å²) < 4.78 is 21.9. The molecule has 5 heteroatoms. The fourth-order valence-corrected chi connectivity index (χ4v) is 3.51. The zero-order chi connectivity index (χ0) is 12.9. The molecular formula is C12H19NO2S2. The first-order valence-electron chi connectivity index (χ1n) is 5.52. The van der Waals surface area contributed by atoms with Crippen LogP contribution in [-0.4, -0.2) is 32.2 Å². The minimum absolute atomic E-state index is 0.165. The van der Waals surface area contributed by atoms with Gasteiger partial charge in [0.15, 0.2) is 0 Å². The predicted molar refractivity (Wildman–Crippen MR) is 74.2 cm³/mol. The summed E-state index contributed by atoms with van der Waals surface area (Å²) in [6.07, 6.45) is 2.13. The number of sulfone groups is 1. The van der Waals surface area contributed by atoms with Crippen LogP contribution in [0.2, 0.25) is 0 Å². The maximum absolute atomic E-state index is 11.0. The smallest absolute Gasteiger partial charge is 0.148 e. The highest BCUT2D eigenvalue weighted by Crippen LogP contribution is 2.19. The summed E-state index contributed by atoms with van der Waals surface area (Å²) in [5.41, 5.74) is 6.93. The SMILES string of the molecule is CC(N)Cc1ccc(SCCS(C)(=O)=O)cc1. The fraction of sp³-hybridized carbons (Fsp3) is 0.500. The van der Waals surface area contributed by atoms with Crippen molar-refractivity contribution in [1.82, 2.24) is 0 Å². The van der Waals surface area contributed by atoms with E-state index in [1.54, 1.807) is 11.8 Å². The second-order valence-electron chi connectivity index (χ2n) is 4.30. The van der Waals surface area contributed by atoms with Crippen molar-refractivity contribution in [2.75, 3.05) is 17.8 Å². The Balaban J connectivity index is 2.46. The van der Waals surface area contributed by atoms with Gasteiger partial charge in [0.25, 0.3) is 0 Å². The molecular weight excluding hydrogens is 254 g/mol. The molecule has 1 atom stereocenters. The van der Waals surface area contributed by atoms with E-state index in [0.717, 1.165) is 11.3 Å². The van der Waals surface area contributed by atoms with E-state index < -0.39 is 9.84 Å². The third-order valence-corrected chi connectivity index (χ3v) is 4.42. The van der Waals surface area contributed by atoms with E-state index in [1.165, 1.54) is 11.8 Å². The van der Waals surface area contributed by atoms with Crippen LogP contribution in [-0.2, 0) is 16.3 Å². The molecule has 0 aliphatic heterocycles. The largest absolute Gasteiger partial charge is 0.328 e. The van der Waals surface area contributed by atoms with Crippen LogP contribution in [0.5, 0.6) is 0 Å². The highest BCUT2D eigenvalue weighted by Gasteiger charge is 2.03. The van der Waals surface area contributed by atoms with Crippen molar-refractivity contribution in [3.63, 3.8) is 0 Å². The number of benzene rings is 1. The molecule has 0 saturated heterocycles. The Labute approximate surface area is 108 Å². The molecule has 0 heterocycles. The van der Waals surface area contributed by atoms with E-state index >= 15 is 0 Å². The van der Waals surface area contributed by atoms with Gasteiger partial charge in [0.1, 0.15) is 9.84 Å². The molecule has 0 fully saturated rings. The van der Waals surface area contributed by atoms with E-state index in [4.69, 9.17) is 5.73 Å². The lowest BCUT2D eigenvalue weighted by atomic mass is 10.1. The Morgan fingerprint density at radius 2 is 1.88 bits per heavy atom. The molecule has 0 spiro atoms. The van der Waals surface area contributed by atoms with Crippen LogP contribution in [0.3, 0.4) is 0 Å². The number of thioether (sulfide) groups is 1. The molecule has 3 nitrogen and oxygen atoms in total. The van der Waals surface area contributed by atoms with E-state index in [-0.39, 0.29) is 11.8 Å². The van der Waals surface area contributed by atoms with Crippen molar-refractivity contribution in [1.29, 1.82) is 0 Å². The monoisotopic (exact) mass is 273 g/mol. The topological polar surface area (TPSA) is 60.2 Å². The van der Waals surface area contributed by atoms with Crippen LogP contribution in [0.15, 0.2) is 29.2 Å². The molecule has 0 aliphatic carbocycles.